The molecule has 3 nitrogen and oxygen atoms in total. The highest BCUT2D eigenvalue weighted by Crippen LogP contribution is 2.35. The summed E-state index contributed by atoms with van der Waals surface area (Å²) in [5, 5.41) is 0. The van der Waals surface area contributed by atoms with Gasteiger partial charge in [0.2, 0.25) is 5.91 Å². The Hall–Kier alpha value is -1.42. The quantitative estimate of drug-likeness (QED) is 0.903. The molecule has 1 amide bonds. The summed E-state index contributed by atoms with van der Waals surface area (Å²) in [4.78, 5) is 15.1. The van der Waals surface area contributed by atoms with Gasteiger partial charge < -0.3 is 10.6 Å². The van der Waals surface area contributed by atoms with Gasteiger partial charge in [0.1, 0.15) is 5.82 Å². The Kier molecular flexibility index (Phi) is 4.72. The maximum absolute atomic E-state index is 13.1. The summed E-state index contributed by atoms with van der Waals surface area (Å²) in [7, 11) is 0. The van der Waals surface area contributed by atoms with E-state index >= 15 is 0 Å². The first-order valence-electron chi connectivity index (χ1n) is 8.78. The third kappa shape index (κ3) is 4.11. The van der Waals surface area contributed by atoms with Crippen LogP contribution in [0.3, 0.4) is 0 Å². The lowest BCUT2D eigenvalue weighted by Crippen LogP contribution is -2.53. The van der Waals surface area contributed by atoms with Gasteiger partial charge >= 0.3 is 0 Å². The van der Waals surface area contributed by atoms with Crippen LogP contribution in [-0.2, 0) is 11.3 Å². The van der Waals surface area contributed by atoms with Crippen LogP contribution < -0.4 is 5.73 Å². The molecule has 0 radical (unpaired) electrons. The van der Waals surface area contributed by atoms with Crippen LogP contribution in [0.2, 0.25) is 0 Å². The van der Waals surface area contributed by atoms with Crippen molar-refractivity contribution in [3.05, 3.63) is 35.6 Å². The summed E-state index contributed by atoms with van der Waals surface area (Å²) >= 11 is 0. The van der Waals surface area contributed by atoms with E-state index in [0.717, 1.165) is 37.8 Å². The van der Waals surface area contributed by atoms with E-state index in [1.165, 1.54) is 25.0 Å². The van der Waals surface area contributed by atoms with Crippen LogP contribution in [0.1, 0.15) is 51.0 Å². The molecule has 0 aromatic heterocycles. The SMILES string of the molecule is CC1(N)CCCCC1C(=O)N(Cc1ccc(F)cc1)CC1CC1. The Labute approximate surface area is 138 Å². The number of rotatable bonds is 5. The van der Waals surface area contributed by atoms with Crippen LogP contribution in [0.4, 0.5) is 4.39 Å². The van der Waals surface area contributed by atoms with E-state index in [2.05, 4.69) is 0 Å². The van der Waals surface area contributed by atoms with Crippen molar-refractivity contribution < 1.29 is 9.18 Å². The van der Waals surface area contributed by atoms with Crippen molar-refractivity contribution in [3.8, 4) is 0 Å². The maximum Gasteiger partial charge on any atom is 0.227 e. The summed E-state index contributed by atoms with van der Waals surface area (Å²) in [6.45, 7) is 3.38. The molecule has 0 aliphatic heterocycles. The Bertz CT molecular complexity index is 551. The Balaban J connectivity index is 1.74. The normalized spacial score (nSPS) is 27.7. The lowest BCUT2D eigenvalue weighted by molar-refractivity contribution is -0.139. The zero-order valence-corrected chi connectivity index (χ0v) is 13.9. The molecule has 2 aliphatic carbocycles. The number of halogens is 1. The number of benzene rings is 1. The van der Waals surface area contributed by atoms with E-state index in [4.69, 9.17) is 5.73 Å². The molecule has 126 valence electrons. The van der Waals surface area contributed by atoms with Gasteiger partial charge in [-0.3, -0.25) is 4.79 Å². The van der Waals surface area contributed by atoms with Crippen LogP contribution in [0.15, 0.2) is 24.3 Å². The summed E-state index contributed by atoms with van der Waals surface area (Å²) in [5.41, 5.74) is 7.00. The van der Waals surface area contributed by atoms with Gasteiger partial charge in [0, 0.05) is 18.6 Å². The molecule has 2 unspecified atom stereocenters. The standard InChI is InChI=1S/C19H27FN2O/c1-19(21)11-3-2-4-17(19)18(23)22(12-14-5-6-14)13-15-7-9-16(20)10-8-15/h7-10,14,17H,2-6,11-13,21H2,1H3. The zero-order chi connectivity index (χ0) is 16.4. The highest BCUT2D eigenvalue weighted by Gasteiger charge is 2.40. The third-order valence-corrected chi connectivity index (χ3v) is 5.33. The molecule has 2 aliphatic rings. The Morgan fingerprint density at radius 2 is 1.96 bits per heavy atom. The number of nitrogens with two attached hydrogens (primary N) is 1. The lowest BCUT2D eigenvalue weighted by Gasteiger charge is -2.40. The Morgan fingerprint density at radius 3 is 2.57 bits per heavy atom. The van der Waals surface area contributed by atoms with Crippen molar-refractivity contribution >= 4 is 5.91 Å². The molecule has 1 aromatic carbocycles. The van der Waals surface area contributed by atoms with Gasteiger partial charge in [-0.05, 0) is 56.2 Å². The number of amides is 1. The van der Waals surface area contributed by atoms with Crippen LogP contribution in [-0.4, -0.2) is 22.9 Å². The van der Waals surface area contributed by atoms with Gasteiger partial charge in [0.15, 0.2) is 0 Å². The summed E-state index contributed by atoms with van der Waals surface area (Å²) < 4.78 is 13.1. The van der Waals surface area contributed by atoms with E-state index in [9.17, 15) is 9.18 Å². The van der Waals surface area contributed by atoms with Crippen molar-refractivity contribution in [2.24, 2.45) is 17.6 Å². The zero-order valence-electron chi connectivity index (χ0n) is 13.9. The summed E-state index contributed by atoms with van der Waals surface area (Å²) in [6.07, 6.45) is 6.40. The minimum atomic E-state index is -0.403. The lowest BCUT2D eigenvalue weighted by atomic mass is 9.74. The predicted octanol–water partition coefficient (Wildman–Crippen LogP) is 3.47. The van der Waals surface area contributed by atoms with E-state index in [1.54, 1.807) is 12.1 Å². The minimum Gasteiger partial charge on any atom is -0.338 e. The highest BCUT2D eigenvalue weighted by molar-refractivity contribution is 5.80. The van der Waals surface area contributed by atoms with Gasteiger partial charge in [0.25, 0.3) is 0 Å². The van der Waals surface area contributed by atoms with Crippen molar-refractivity contribution in [3.63, 3.8) is 0 Å². The first-order valence-corrected chi connectivity index (χ1v) is 8.78. The van der Waals surface area contributed by atoms with Crippen LogP contribution >= 0.6 is 0 Å². The smallest absolute Gasteiger partial charge is 0.227 e. The third-order valence-electron chi connectivity index (χ3n) is 5.33. The van der Waals surface area contributed by atoms with Gasteiger partial charge in [-0.2, -0.15) is 0 Å². The molecule has 0 spiro atoms. The number of hydrogen-bond acceptors (Lipinski definition) is 2. The fourth-order valence-electron chi connectivity index (χ4n) is 3.64. The second kappa shape index (κ2) is 6.60. The largest absolute Gasteiger partial charge is 0.338 e. The molecule has 23 heavy (non-hydrogen) atoms. The number of carbonyl (C=O) groups excluding carboxylic acids is 1. The predicted molar refractivity (Wildman–Crippen MR) is 89.1 cm³/mol. The highest BCUT2D eigenvalue weighted by atomic mass is 19.1. The van der Waals surface area contributed by atoms with E-state index < -0.39 is 5.54 Å². The topological polar surface area (TPSA) is 46.3 Å². The summed E-state index contributed by atoms with van der Waals surface area (Å²) in [6, 6.07) is 6.46. The molecular weight excluding hydrogens is 291 g/mol. The molecule has 0 saturated heterocycles. The molecule has 2 fully saturated rings. The molecule has 0 bridgehead atoms. The molecule has 4 heteroatoms. The average Bonchev–Trinajstić information content (AvgIpc) is 3.32. The molecule has 2 N–H and O–H groups in total. The molecule has 3 rings (SSSR count). The maximum atomic E-state index is 13.1. The monoisotopic (exact) mass is 318 g/mol. The molecule has 0 heterocycles. The van der Waals surface area contributed by atoms with E-state index in [1.807, 2.05) is 11.8 Å². The number of carbonyl (C=O) groups is 1. The van der Waals surface area contributed by atoms with Crippen LogP contribution in [0.5, 0.6) is 0 Å². The molecular formula is C19H27FN2O. The minimum absolute atomic E-state index is 0.0875. The van der Waals surface area contributed by atoms with Crippen molar-refractivity contribution in [1.29, 1.82) is 0 Å². The average molecular weight is 318 g/mol. The van der Waals surface area contributed by atoms with Crippen molar-refractivity contribution in [2.75, 3.05) is 6.54 Å². The number of nitrogens with zero attached hydrogens (tertiary/aromatic N) is 1. The Morgan fingerprint density at radius 1 is 1.26 bits per heavy atom. The second-order valence-corrected chi connectivity index (χ2v) is 7.59. The first-order chi connectivity index (χ1) is 11.0. The van der Waals surface area contributed by atoms with Crippen molar-refractivity contribution in [1.82, 2.24) is 4.90 Å². The molecule has 1 aromatic rings. The van der Waals surface area contributed by atoms with Gasteiger partial charge in [-0.15, -0.1) is 0 Å². The second-order valence-electron chi connectivity index (χ2n) is 7.59. The van der Waals surface area contributed by atoms with Crippen LogP contribution in [0, 0.1) is 17.7 Å². The van der Waals surface area contributed by atoms with Crippen LogP contribution in [0.25, 0.3) is 0 Å². The first kappa shape index (κ1) is 16.4. The van der Waals surface area contributed by atoms with Crippen molar-refractivity contribution in [2.45, 2.75) is 57.5 Å². The van der Waals surface area contributed by atoms with E-state index in [-0.39, 0.29) is 17.6 Å². The van der Waals surface area contributed by atoms with E-state index in [0.29, 0.717) is 12.5 Å². The van der Waals surface area contributed by atoms with Gasteiger partial charge in [-0.1, -0.05) is 25.0 Å². The summed E-state index contributed by atoms with van der Waals surface area (Å²) in [5.74, 6) is 0.490. The molecule has 2 saturated carbocycles. The van der Waals surface area contributed by atoms with Gasteiger partial charge in [-0.25, -0.2) is 4.39 Å². The number of hydrogen-bond donors (Lipinski definition) is 1. The molecule has 2 atom stereocenters. The fourth-order valence-corrected chi connectivity index (χ4v) is 3.64. The van der Waals surface area contributed by atoms with Gasteiger partial charge in [0.05, 0.1) is 5.92 Å². The fraction of sp³-hybridized carbons (Fsp3) is 0.632.